The molecule has 2 atom stereocenters. The minimum atomic E-state index is -0.249. The van der Waals surface area contributed by atoms with Gasteiger partial charge in [-0.05, 0) is 44.1 Å². The van der Waals surface area contributed by atoms with Crippen LogP contribution in [-0.2, 0) is 4.79 Å². The Bertz CT molecular complexity index is 1140. The number of ether oxygens (including phenoxy) is 1. The highest BCUT2D eigenvalue weighted by Crippen LogP contribution is 2.51. The Morgan fingerprint density at radius 2 is 2.00 bits per heavy atom. The van der Waals surface area contributed by atoms with Gasteiger partial charge in [-0.3, -0.25) is 9.89 Å². The largest absolute Gasteiger partial charge is 0.510 e. The number of aliphatic imine (C=N–C) groups is 1. The van der Waals surface area contributed by atoms with Gasteiger partial charge in [-0.1, -0.05) is 31.4 Å². The van der Waals surface area contributed by atoms with Gasteiger partial charge < -0.3 is 26.6 Å². The Kier molecular flexibility index (Phi) is 7.43. The van der Waals surface area contributed by atoms with E-state index < -0.39 is 0 Å². The van der Waals surface area contributed by atoms with Gasteiger partial charge in [0, 0.05) is 29.3 Å². The minimum Gasteiger partial charge on any atom is -0.510 e. The summed E-state index contributed by atoms with van der Waals surface area (Å²) in [7, 11) is 1.55. The van der Waals surface area contributed by atoms with E-state index in [1.807, 2.05) is 12.1 Å². The highest BCUT2D eigenvalue weighted by molar-refractivity contribution is 6.02. The van der Waals surface area contributed by atoms with Gasteiger partial charge in [0.2, 0.25) is 0 Å². The third-order valence-electron chi connectivity index (χ3n) is 6.65. The minimum absolute atomic E-state index is 0.00134. The first kappa shape index (κ1) is 24.4. The highest BCUT2D eigenvalue weighted by atomic mass is 16.5. The van der Waals surface area contributed by atoms with Gasteiger partial charge in [0.05, 0.1) is 30.4 Å². The van der Waals surface area contributed by atoms with Crippen LogP contribution in [0.1, 0.15) is 45.4 Å². The average molecular weight is 479 g/mol. The van der Waals surface area contributed by atoms with Crippen LogP contribution in [0.5, 0.6) is 5.75 Å². The molecule has 3 aliphatic carbocycles. The lowest BCUT2D eigenvalue weighted by Crippen LogP contribution is -2.18. The van der Waals surface area contributed by atoms with Gasteiger partial charge in [-0.2, -0.15) is 10.1 Å². The zero-order valence-electron chi connectivity index (χ0n) is 20.3. The number of aromatic amines is 1. The standard InChI is InChI=1S/C20H24N6O3.C6H10/c1-11(27)18(22)16(8-17(21)26-20(28)12-6-7-12)25-15-5-3-4-14(19(15)29-2)13-9-23-24-10-13;1-2-5-4-6(5)3-1/h3-5,8-10,12,25,27H,6-7,22H2,1-2H3,(H,23,24)(H2,21,26,28);5-6H,1-4H2/b16-8+,18-11+;. The van der Waals surface area contributed by atoms with E-state index in [9.17, 15) is 9.90 Å². The highest BCUT2D eigenvalue weighted by Gasteiger charge is 2.40. The number of amides is 1. The number of aliphatic hydroxyl groups is 1. The van der Waals surface area contributed by atoms with Crippen LogP contribution < -0.4 is 21.5 Å². The van der Waals surface area contributed by atoms with Crippen LogP contribution in [0.15, 0.2) is 58.8 Å². The van der Waals surface area contributed by atoms with E-state index in [4.69, 9.17) is 16.2 Å². The predicted molar refractivity (Wildman–Crippen MR) is 137 cm³/mol. The third kappa shape index (κ3) is 6.23. The molecule has 7 N–H and O–H groups in total. The lowest BCUT2D eigenvalue weighted by atomic mass is 10.1. The Labute approximate surface area is 205 Å². The molecule has 5 rings (SSSR count). The van der Waals surface area contributed by atoms with Crippen LogP contribution in [0.25, 0.3) is 11.1 Å². The molecule has 1 aromatic heterocycles. The van der Waals surface area contributed by atoms with E-state index in [0.29, 0.717) is 11.4 Å². The first-order valence-electron chi connectivity index (χ1n) is 12.1. The van der Waals surface area contributed by atoms with Crippen molar-refractivity contribution in [2.24, 2.45) is 34.2 Å². The number of aromatic nitrogens is 2. The average Bonchev–Trinajstić information content (AvgIpc) is 3.73. The van der Waals surface area contributed by atoms with Crippen LogP contribution in [0, 0.1) is 17.8 Å². The van der Waals surface area contributed by atoms with E-state index >= 15 is 0 Å². The van der Waals surface area contributed by atoms with Crippen molar-refractivity contribution in [1.82, 2.24) is 10.2 Å². The number of para-hydroxylation sites is 1. The molecule has 0 aliphatic heterocycles. The monoisotopic (exact) mass is 478 g/mol. The summed E-state index contributed by atoms with van der Waals surface area (Å²) < 4.78 is 5.58. The summed E-state index contributed by atoms with van der Waals surface area (Å²) in [6, 6.07) is 5.52. The Morgan fingerprint density at radius 3 is 2.51 bits per heavy atom. The maximum absolute atomic E-state index is 11.9. The number of aliphatic hydroxyl groups excluding tert-OH is 1. The van der Waals surface area contributed by atoms with E-state index in [0.717, 1.165) is 24.0 Å². The smallest absolute Gasteiger partial charge is 0.250 e. The number of hydrogen-bond acceptors (Lipinski definition) is 6. The van der Waals surface area contributed by atoms with Crippen LogP contribution in [0.3, 0.4) is 0 Å². The van der Waals surface area contributed by atoms with Crippen LogP contribution in [-0.4, -0.2) is 34.2 Å². The molecular formula is C26H34N6O3. The van der Waals surface area contributed by atoms with Crippen molar-refractivity contribution in [3.63, 3.8) is 0 Å². The summed E-state index contributed by atoms with van der Waals surface area (Å²) in [5, 5.41) is 19.7. The normalized spacial score (nSPS) is 21.9. The maximum atomic E-state index is 11.9. The van der Waals surface area contributed by atoms with E-state index in [-0.39, 0.29) is 34.8 Å². The zero-order chi connectivity index (χ0) is 24.9. The Morgan fingerprint density at radius 1 is 1.26 bits per heavy atom. The summed E-state index contributed by atoms with van der Waals surface area (Å²) in [6.45, 7) is 1.45. The molecule has 1 aromatic carbocycles. The predicted octanol–water partition coefficient (Wildman–Crippen LogP) is 4.23. The number of carbonyl (C=O) groups is 1. The fraction of sp³-hybridized carbons (Fsp3) is 0.423. The number of rotatable bonds is 7. The first-order valence-corrected chi connectivity index (χ1v) is 12.1. The maximum Gasteiger partial charge on any atom is 0.250 e. The third-order valence-corrected chi connectivity index (χ3v) is 6.65. The second kappa shape index (κ2) is 10.7. The number of amidine groups is 1. The molecule has 3 aliphatic rings. The van der Waals surface area contributed by atoms with Gasteiger partial charge in [0.15, 0.2) is 0 Å². The number of H-pyrrole nitrogens is 1. The molecular weight excluding hydrogens is 444 g/mol. The molecule has 0 bridgehead atoms. The second-order valence-electron chi connectivity index (χ2n) is 9.39. The number of allylic oxidation sites excluding steroid dienone is 1. The van der Waals surface area contributed by atoms with E-state index in [1.165, 1.54) is 31.3 Å². The summed E-state index contributed by atoms with van der Waals surface area (Å²) in [4.78, 5) is 15.8. The van der Waals surface area contributed by atoms with Crippen molar-refractivity contribution in [2.75, 3.05) is 12.4 Å². The van der Waals surface area contributed by atoms with Gasteiger partial charge >= 0.3 is 0 Å². The zero-order valence-corrected chi connectivity index (χ0v) is 20.3. The molecule has 1 amide bonds. The number of methoxy groups -OCH3 is 1. The molecule has 0 saturated heterocycles. The van der Waals surface area contributed by atoms with Crippen molar-refractivity contribution in [3.8, 4) is 16.9 Å². The molecule has 1 heterocycles. The summed E-state index contributed by atoms with van der Waals surface area (Å²) in [5.41, 5.74) is 14.5. The molecule has 35 heavy (non-hydrogen) atoms. The quantitative estimate of drug-likeness (QED) is 0.173. The summed E-state index contributed by atoms with van der Waals surface area (Å²) in [6.07, 6.45) is 12.8. The van der Waals surface area contributed by atoms with Gasteiger partial charge in [0.1, 0.15) is 17.3 Å². The summed E-state index contributed by atoms with van der Waals surface area (Å²) in [5.74, 6) is 2.58. The topological polar surface area (TPSA) is 152 Å². The number of nitrogens with zero attached hydrogens (tertiary/aromatic N) is 2. The lowest BCUT2D eigenvalue weighted by molar-refractivity contribution is -0.118. The van der Waals surface area contributed by atoms with Gasteiger partial charge in [-0.15, -0.1) is 0 Å². The van der Waals surface area contributed by atoms with Crippen LogP contribution >= 0.6 is 0 Å². The molecule has 3 saturated carbocycles. The molecule has 2 aromatic rings. The van der Waals surface area contributed by atoms with Gasteiger partial charge in [0.25, 0.3) is 5.91 Å². The SMILES string of the molecule is C1CC2CC2C1.COc1c(NC(=C/C(N)=NC(=O)C2CC2)/C(N)=C(/C)O)cccc1-c1cn[nH]c1. The molecule has 0 radical (unpaired) electrons. The van der Waals surface area contributed by atoms with Crippen molar-refractivity contribution >= 4 is 17.4 Å². The Hall–Kier alpha value is -3.75. The number of nitrogens with two attached hydrogens (primary N) is 2. The van der Waals surface area contributed by atoms with E-state index in [2.05, 4.69) is 20.5 Å². The Balaban J connectivity index is 0.000000411. The molecule has 9 heteroatoms. The molecule has 9 nitrogen and oxygen atoms in total. The van der Waals surface area contributed by atoms with Gasteiger partial charge in [-0.25, -0.2) is 0 Å². The van der Waals surface area contributed by atoms with Crippen LogP contribution in [0.4, 0.5) is 5.69 Å². The fourth-order valence-corrected chi connectivity index (χ4v) is 4.39. The number of anilines is 1. The van der Waals surface area contributed by atoms with Crippen molar-refractivity contribution in [2.45, 2.75) is 45.4 Å². The van der Waals surface area contributed by atoms with Crippen molar-refractivity contribution in [3.05, 3.63) is 53.8 Å². The van der Waals surface area contributed by atoms with Crippen molar-refractivity contribution in [1.29, 1.82) is 0 Å². The molecule has 186 valence electrons. The number of carbonyl (C=O) groups excluding carboxylic acids is 1. The molecule has 3 fully saturated rings. The van der Waals surface area contributed by atoms with E-state index in [1.54, 1.807) is 44.8 Å². The van der Waals surface area contributed by atoms with Crippen molar-refractivity contribution < 1.29 is 14.6 Å². The number of fused-ring (bicyclic) bond motifs is 1. The number of hydrogen-bond donors (Lipinski definition) is 5. The number of nitrogens with one attached hydrogen (secondary N) is 2. The lowest BCUT2D eigenvalue weighted by Gasteiger charge is -2.17. The molecule has 0 spiro atoms. The summed E-state index contributed by atoms with van der Waals surface area (Å²) >= 11 is 0. The number of benzene rings is 1. The second-order valence-corrected chi connectivity index (χ2v) is 9.39. The molecule has 2 unspecified atom stereocenters. The first-order chi connectivity index (χ1) is 16.9. The fourth-order valence-electron chi connectivity index (χ4n) is 4.39. The van der Waals surface area contributed by atoms with Crippen LogP contribution in [0.2, 0.25) is 0 Å².